The number of hydrogen-bond donors (Lipinski definition) is 2. The highest BCUT2D eigenvalue weighted by molar-refractivity contribution is 5.80. The van der Waals surface area contributed by atoms with E-state index in [1.807, 2.05) is 13.8 Å². The Bertz CT molecular complexity index is 307. The van der Waals surface area contributed by atoms with E-state index in [0.29, 0.717) is 0 Å². The average Bonchev–Trinajstić information content (AvgIpc) is 2.92. The number of primary amides is 1. The van der Waals surface area contributed by atoms with E-state index >= 15 is 0 Å². The highest BCUT2D eigenvalue weighted by atomic mass is 16.1. The normalized spacial score (nSPS) is 24.4. The molecule has 2 rings (SSSR count). The molecule has 0 spiro atoms. The van der Waals surface area contributed by atoms with Crippen molar-refractivity contribution in [1.82, 2.24) is 15.1 Å². The zero-order valence-corrected chi connectivity index (χ0v) is 13.0. The minimum absolute atomic E-state index is 0.229. The van der Waals surface area contributed by atoms with Gasteiger partial charge in [-0.3, -0.25) is 14.6 Å². The van der Waals surface area contributed by atoms with Crippen LogP contribution < -0.4 is 11.1 Å². The van der Waals surface area contributed by atoms with E-state index in [-0.39, 0.29) is 18.0 Å². The molecule has 1 atom stereocenters. The van der Waals surface area contributed by atoms with Gasteiger partial charge in [-0.05, 0) is 12.8 Å². The van der Waals surface area contributed by atoms with E-state index in [1.54, 1.807) is 0 Å². The first-order valence-electron chi connectivity index (χ1n) is 8.08. The van der Waals surface area contributed by atoms with Gasteiger partial charge in [-0.1, -0.05) is 26.7 Å². The first kappa shape index (κ1) is 15.7. The summed E-state index contributed by atoms with van der Waals surface area (Å²) in [6.07, 6.45) is 5.54. The minimum atomic E-state index is -0.239. The summed E-state index contributed by atoms with van der Waals surface area (Å²) in [7, 11) is 0. The molecule has 1 aliphatic carbocycles. The lowest BCUT2D eigenvalue weighted by molar-refractivity contribution is -0.120. The molecule has 0 aromatic rings. The Balaban J connectivity index is 1.76. The summed E-state index contributed by atoms with van der Waals surface area (Å²) in [4.78, 5) is 16.5. The number of nitrogens with zero attached hydrogens (tertiary/aromatic N) is 2. The van der Waals surface area contributed by atoms with Crippen LogP contribution in [0.2, 0.25) is 0 Å². The van der Waals surface area contributed by atoms with Crippen LogP contribution in [0.15, 0.2) is 0 Å². The van der Waals surface area contributed by atoms with Gasteiger partial charge in [0.25, 0.3) is 0 Å². The van der Waals surface area contributed by atoms with E-state index in [4.69, 9.17) is 5.73 Å². The van der Waals surface area contributed by atoms with Crippen molar-refractivity contribution in [3.63, 3.8) is 0 Å². The fraction of sp³-hybridized carbons (Fsp3) is 0.933. The lowest BCUT2D eigenvalue weighted by Crippen LogP contribution is -2.56. The Morgan fingerprint density at radius 3 is 2.30 bits per heavy atom. The second-order valence-electron chi connectivity index (χ2n) is 6.55. The average molecular weight is 282 g/mol. The Morgan fingerprint density at radius 2 is 1.80 bits per heavy atom. The van der Waals surface area contributed by atoms with Crippen LogP contribution in [-0.4, -0.2) is 66.6 Å². The van der Waals surface area contributed by atoms with Gasteiger partial charge in [-0.25, -0.2) is 0 Å². The summed E-state index contributed by atoms with van der Waals surface area (Å²) < 4.78 is 0. The highest BCUT2D eigenvalue weighted by Gasteiger charge is 2.28. The SMILES string of the molecule is CC(C)NC(CN1CCN(C2CCCC2)CC1)C(N)=O. The number of carbonyl (C=O) groups excluding carboxylic acids is 1. The summed E-state index contributed by atoms with van der Waals surface area (Å²) in [6.45, 7) is 9.23. The van der Waals surface area contributed by atoms with Crippen molar-refractivity contribution in [2.24, 2.45) is 5.73 Å². The van der Waals surface area contributed by atoms with Crippen molar-refractivity contribution in [1.29, 1.82) is 0 Å². The zero-order chi connectivity index (χ0) is 14.5. The molecular formula is C15H30N4O. The van der Waals surface area contributed by atoms with Gasteiger partial charge in [0.2, 0.25) is 5.91 Å². The molecular weight excluding hydrogens is 252 g/mol. The molecule has 1 unspecified atom stereocenters. The number of carbonyl (C=O) groups is 1. The predicted molar refractivity (Wildman–Crippen MR) is 81.5 cm³/mol. The molecule has 1 saturated carbocycles. The summed E-state index contributed by atoms with van der Waals surface area (Å²) in [6, 6.07) is 0.873. The van der Waals surface area contributed by atoms with Crippen molar-refractivity contribution in [2.75, 3.05) is 32.7 Å². The van der Waals surface area contributed by atoms with Crippen LogP contribution >= 0.6 is 0 Å². The van der Waals surface area contributed by atoms with Crippen LogP contribution in [0.3, 0.4) is 0 Å². The molecule has 1 aliphatic heterocycles. The topological polar surface area (TPSA) is 61.6 Å². The van der Waals surface area contributed by atoms with Crippen molar-refractivity contribution in [3.8, 4) is 0 Å². The Hall–Kier alpha value is -0.650. The smallest absolute Gasteiger partial charge is 0.235 e. The molecule has 0 aromatic carbocycles. The number of rotatable bonds is 6. The third-order valence-corrected chi connectivity index (χ3v) is 4.57. The Morgan fingerprint density at radius 1 is 1.20 bits per heavy atom. The highest BCUT2D eigenvalue weighted by Crippen LogP contribution is 2.24. The molecule has 5 nitrogen and oxygen atoms in total. The van der Waals surface area contributed by atoms with Crippen LogP contribution in [-0.2, 0) is 4.79 Å². The summed E-state index contributed by atoms with van der Waals surface area (Å²) >= 11 is 0. The number of nitrogens with two attached hydrogens (primary N) is 1. The van der Waals surface area contributed by atoms with Gasteiger partial charge in [0.05, 0.1) is 6.04 Å². The molecule has 0 bridgehead atoms. The maximum Gasteiger partial charge on any atom is 0.235 e. The lowest BCUT2D eigenvalue weighted by atomic mass is 10.1. The van der Waals surface area contributed by atoms with Crippen molar-refractivity contribution in [3.05, 3.63) is 0 Å². The molecule has 1 saturated heterocycles. The van der Waals surface area contributed by atoms with Gasteiger partial charge in [0, 0.05) is 44.8 Å². The van der Waals surface area contributed by atoms with Crippen LogP contribution in [0.1, 0.15) is 39.5 Å². The largest absolute Gasteiger partial charge is 0.368 e. The Labute approximate surface area is 122 Å². The quantitative estimate of drug-likeness (QED) is 0.740. The van der Waals surface area contributed by atoms with Crippen molar-refractivity contribution in [2.45, 2.75) is 57.7 Å². The zero-order valence-electron chi connectivity index (χ0n) is 13.0. The van der Waals surface area contributed by atoms with Gasteiger partial charge in [-0.2, -0.15) is 0 Å². The molecule has 1 heterocycles. The van der Waals surface area contributed by atoms with Gasteiger partial charge in [0.1, 0.15) is 0 Å². The second kappa shape index (κ2) is 7.38. The summed E-state index contributed by atoms with van der Waals surface area (Å²) in [5, 5.41) is 3.26. The first-order chi connectivity index (χ1) is 9.56. The van der Waals surface area contributed by atoms with Crippen LogP contribution in [0.5, 0.6) is 0 Å². The third-order valence-electron chi connectivity index (χ3n) is 4.57. The first-order valence-corrected chi connectivity index (χ1v) is 8.08. The molecule has 5 heteroatoms. The molecule has 1 amide bonds. The molecule has 116 valence electrons. The minimum Gasteiger partial charge on any atom is -0.368 e. The molecule has 0 aromatic heterocycles. The van der Waals surface area contributed by atoms with Gasteiger partial charge < -0.3 is 11.1 Å². The van der Waals surface area contributed by atoms with Crippen LogP contribution in [0.4, 0.5) is 0 Å². The molecule has 0 radical (unpaired) electrons. The van der Waals surface area contributed by atoms with E-state index in [2.05, 4.69) is 15.1 Å². The number of nitrogens with one attached hydrogen (secondary N) is 1. The third kappa shape index (κ3) is 4.43. The molecule has 3 N–H and O–H groups in total. The number of piperazine rings is 1. The Kier molecular flexibility index (Phi) is 5.81. The molecule has 2 aliphatic rings. The predicted octanol–water partition coefficient (Wildman–Crippen LogP) is 0.399. The molecule has 20 heavy (non-hydrogen) atoms. The van der Waals surface area contributed by atoms with Crippen molar-refractivity contribution < 1.29 is 4.79 Å². The van der Waals surface area contributed by atoms with E-state index in [9.17, 15) is 4.79 Å². The maximum absolute atomic E-state index is 11.5. The summed E-state index contributed by atoms with van der Waals surface area (Å²) in [5.74, 6) is -0.239. The second-order valence-corrected chi connectivity index (χ2v) is 6.55. The van der Waals surface area contributed by atoms with Crippen LogP contribution in [0, 0.1) is 0 Å². The van der Waals surface area contributed by atoms with Crippen molar-refractivity contribution >= 4 is 5.91 Å². The number of hydrogen-bond acceptors (Lipinski definition) is 4. The maximum atomic E-state index is 11.5. The lowest BCUT2D eigenvalue weighted by Gasteiger charge is -2.39. The van der Waals surface area contributed by atoms with E-state index in [0.717, 1.165) is 38.8 Å². The van der Waals surface area contributed by atoms with Gasteiger partial charge >= 0.3 is 0 Å². The van der Waals surface area contributed by atoms with Crippen LogP contribution in [0.25, 0.3) is 0 Å². The fourth-order valence-corrected chi connectivity index (χ4v) is 3.47. The van der Waals surface area contributed by atoms with Gasteiger partial charge in [0.15, 0.2) is 0 Å². The van der Waals surface area contributed by atoms with Gasteiger partial charge in [-0.15, -0.1) is 0 Å². The standard InChI is InChI=1S/C15H30N4O/c1-12(2)17-14(15(16)20)11-18-7-9-19(10-8-18)13-5-3-4-6-13/h12-14,17H,3-11H2,1-2H3,(H2,16,20). The molecule has 2 fully saturated rings. The monoisotopic (exact) mass is 282 g/mol. The number of amides is 1. The fourth-order valence-electron chi connectivity index (χ4n) is 3.47. The van der Waals surface area contributed by atoms with E-state index in [1.165, 1.54) is 25.7 Å². The summed E-state index contributed by atoms with van der Waals surface area (Å²) in [5.41, 5.74) is 5.49. The van der Waals surface area contributed by atoms with E-state index < -0.39 is 0 Å².